The van der Waals surface area contributed by atoms with Gasteiger partial charge in [-0.3, -0.25) is 4.90 Å². The standard InChI is InChI=1S/C20H39N7O2.HI/c1-6-29-18(16(2)3)7-8-21-20(22-9-10-27-11-13-28-14-12-27)23-15-19-25-24-17(4)26(19)5;/h16,18H,6-15H2,1-5H3,(H2,21,22,23);1H. The fourth-order valence-corrected chi connectivity index (χ4v) is 3.23. The van der Waals surface area contributed by atoms with E-state index in [1.54, 1.807) is 0 Å². The maximum absolute atomic E-state index is 5.85. The SMILES string of the molecule is CCOC(CCNC(=NCc1nnc(C)n1C)NCCN1CCOCC1)C(C)C.I. The normalized spacial score (nSPS) is 16.4. The molecule has 2 heterocycles. The third-order valence-electron chi connectivity index (χ3n) is 5.23. The van der Waals surface area contributed by atoms with Crippen LogP contribution >= 0.6 is 24.0 Å². The van der Waals surface area contributed by atoms with E-state index >= 15 is 0 Å². The summed E-state index contributed by atoms with van der Waals surface area (Å²) in [7, 11) is 1.97. The topological polar surface area (TPSA) is 88.8 Å². The number of hydrogen-bond donors (Lipinski definition) is 2. The van der Waals surface area contributed by atoms with Gasteiger partial charge in [0.25, 0.3) is 0 Å². The molecule has 0 spiro atoms. The molecule has 1 aliphatic rings. The smallest absolute Gasteiger partial charge is 0.191 e. The molecule has 2 N–H and O–H groups in total. The summed E-state index contributed by atoms with van der Waals surface area (Å²) >= 11 is 0. The molecule has 0 aromatic carbocycles. The molecule has 1 unspecified atom stereocenters. The zero-order chi connectivity index (χ0) is 21.1. The highest BCUT2D eigenvalue weighted by molar-refractivity contribution is 14.0. The van der Waals surface area contributed by atoms with Crippen molar-refractivity contribution in [2.24, 2.45) is 18.0 Å². The molecule has 0 amide bonds. The van der Waals surface area contributed by atoms with E-state index in [4.69, 9.17) is 14.5 Å². The molecule has 1 fully saturated rings. The van der Waals surface area contributed by atoms with Crippen LogP contribution in [-0.2, 0) is 23.1 Å². The molecule has 30 heavy (non-hydrogen) atoms. The number of morpholine rings is 1. The van der Waals surface area contributed by atoms with Crippen LogP contribution < -0.4 is 10.6 Å². The van der Waals surface area contributed by atoms with Gasteiger partial charge in [0.2, 0.25) is 0 Å². The minimum atomic E-state index is 0. The third kappa shape index (κ3) is 9.44. The Balaban J connectivity index is 0.00000450. The molecule has 0 radical (unpaired) electrons. The molecule has 0 saturated carbocycles. The fraction of sp³-hybridized carbons (Fsp3) is 0.850. The van der Waals surface area contributed by atoms with Gasteiger partial charge in [-0.1, -0.05) is 13.8 Å². The van der Waals surface area contributed by atoms with Crippen molar-refractivity contribution >= 4 is 29.9 Å². The highest BCUT2D eigenvalue weighted by Gasteiger charge is 2.14. The first-order chi connectivity index (χ1) is 14.0. The third-order valence-corrected chi connectivity index (χ3v) is 5.23. The van der Waals surface area contributed by atoms with Crippen molar-refractivity contribution in [3.8, 4) is 0 Å². The van der Waals surface area contributed by atoms with E-state index in [2.05, 4.69) is 39.6 Å². The van der Waals surface area contributed by atoms with Crippen molar-refractivity contribution in [1.82, 2.24) is 30.3 Å². The van der Waals surface area contributed by atoms with Crippen molar-refractivity contribution in [2.75, 3.05) is 52.5 Å². The molecule has 1 atom stereocenters. The number of hydrogen-bond acceptors (Lipinski definition) is 6. The van der Waals surface area contributed by atoms with Gasteiger partial charge in [-0.15, -0.1) is 34.2 Å². The van der Waals surface area contributed by atoms with Crippen molar-refractivity contribution in [3.05, 3.63) is 11.6 Å². The largest absolute Gasteiger partial charge is 0.379 e. The van der Waals surface area contributed by atoms with Crippen LogP contribution in [0.1, 0.15) is 38.8 Å². The van der Waals surface area contributed by atoms with Crippen molar-refractivity contribution in [3.63, 3.8) is 0 Å². The molecular weight excluding hydrogens is 497 g/mol. The lowest BCUT2D eigenvalue weighted by molar-refractivity contribution is 0.0258. The summed E-state index contributed by atoms with van der Waals surface area (Å²) in [4.78, 5) is 7.13. The van der Waals surface area contributed by atoms with E-state index < -0.39 is 0 Å². The minimum Gasteiger partial charge on any atom is -0.379 e. The van der Waals surface area contributed by atoms with E-state index in [-0.39, 0.29) is 30.1 Å². The Morgan fingerprint density at radius 2 is 1.90 bits per heavy atom. The molecule has 1 aromatic rings. The maximum atomic E-state index is 5.85. The van der Waals surface area contributed by atoms with Gasteiger partial charge < -0.3 is 24.7 Å². The maximum Gasteiger partial charge on any atom is 0.191 e. The molecule has 0 aliphatic carbocycles. The number of guanidine groups is 1. The Bertz CT molecular complexity index is 618. The minimum absolute atomic E-state index is 0. The number of nitrogens with zero attached hydrogens (tertiary/aromatic N) is 5. The molecule has 0 bridgehead atoms. The molecule has 10 heteroatoms. The van der Waals surface area contributed by atoms with Crippen molar-refractivity contribution < 1.29 is 9.47 Å². The van der Waals surface area contributed by atoms with Gasteiger partial charge in [-0.05, 0) is 26.2 Å². The summed E-state index contributed by atoms with van der Waals surface area (Å²) < 4.78 is 13.2. The molecule has 174 valence electrons. The molecular formula is C20H40IN7O2. The van der Waals surface area contributed by atoms with Gasteiger partial charge in [0.05, 0.1) is 19.3 Å². The van der Waals surface area contributed by atoms with Gasteiger partial charge >= 0.3 is 0 Å². The van der Waals surface area contributed by atoms with Crippen molar-refractivity contribution in [1.29, 1.82) is 0 Å². The van der Waals surface area contributed by atoms with E-state index in [1.165, 1.54) is 0 Å². The number of rotatable bonds is 11. The summed E-state index contributed by atoms with van der Waals surface area (Å²) in [5, 5.41) is 15.2. The first-order valence-electron chi connectivity index (χ1n) is 10.8. The number of aromatic nitrogens is 3. The first-order valence-corrected chi connectivity index (χ1v) is 10.8. The zero-order valence-corrected chi connectivity index (χ0v) is 21.5. The Labute approximate surface area is 198 Å². The monoisotopic (exact) mass is 537 g/mol. The lowest BCUT2D eigenvalue weighted by atomic mass is 10.0. The average Bonchev–Trinajstić information content (AvgIpc) is 3.03. The molecule has 1 aliphatic heterocycles. The van der Waals surface area contributed by atoms with Crippen LogP contribution in [0.3, 0.4) is 0 Å². The quantitative estimate of drug-likeness (QED) is 0.252. The highest BCUT2D eigenvalue weighted by Crippen LogP contribution is 2.10. The van der Waals surface area contributed by atoms with Crippen LogP contribution in [0.5, 0.6) is 0 Å². The molecule has 1 saturated heterocycles. The fourth-order valence-electron chi connectivity index (χ4n) is 3.23. The molecule has 9 nitrogen and oxygen atoms in total. The molecule has 2 rings (SSSR count). The number of aryl methyl sites for hydroxylation is 1. The van der Waals surface area contributed by atoms with Gasteiger partial charge in [-0.2, -0.15) is 0 Å². The summed E-state index contributed by atoms with van der Waals surface area (Å²) in [6, 6.07) is 0. The Kier molecular flexibility index (Phi) is 13.5. The van der Waals surface area contributed by atoms with Crippen LogP contribution in [0.15, 0.2) is 4.99 Å². The van der Waals surface area contributed by atoms with Gasteiger partial charge in [0.1, 0.15) is 12.4 Å². The Morgan fingerprint density at radius 1 is 1.20 bits per heavy atom. The lowest BCUT2D eigenvalue weighted by Gasteiger charge is -2.27. The Hall–Kier alpha value is -0.980. The van der Waals surface area contributed by atoms with E-state index in [0.29, 0.717) is 12.5 Å². The van der Waals surface area contributed by atoms with E-state index in [1.807, 2.05) is 25.5 Å². The summed E-state index contributed by atoms with van der Waals surface area (Å²) in [5.74, 6) is 3.04. The second kappa shape index (κ2) is 14.9. The second-order valence-corrected chi connectivity index (χ2v) is 7.72. The van der Waals surface area contributed by atoms with Crippen molar-refractivity contribution in [2.45, 2.75) is 46.8 Å². The van der Waals surface area contributed by atoms with E-state index in [9.17, 15) is 0 Å². The van der Waals surface area contributed by atoms with Gasteiger partial charge in [0.15, 0.2) is 11.8 Å². The van der Waals surface area contributed by atoms with Crippen LogP contribution in [0.2, 0.25) is 0 Å². The average molecular weight is 537 g/mol. The zero-order valence-electron chi connectivity index (χ0n) is 19.2. The second-order valence-electron chi connectivity index (χ2n) is 7.72. The summed E-state index contributed by atoms with van der Waals surface area (Å²) in [6.45, 7) is 15.9. The number of aliphatic imine (C=N–C) groups is 1. The number of nitrogens with one attached hydrogen (secondary N) is 2. The Morgan fingerprint density at radius 3 is 2.50 bits per heavy atom. The number of ether oxygens (including phenoxy) is 2. The predicted octanol–water partition coefficient (Wildman–Crippen LogP) is 1.56. The lowest BCUT2D eigenvalue weighted by Crippen LogP contribution is -2.45. The number of halogens is 1. The van der Waals surface area contributed by atoms with E-state index in [0.717, 1.165) is 76.6 Å². The predicted molar refractivity (Wildman–Crippen MR) is 130 cm³/mol. The molecule has 1 aromatic heterocycles. The summed E-state index contributed by atoms with van der Waals surface area (Å²) in [6.07, 6.45) is 1.20. The van der Waals surface area contributed by atoms with Crippen LogP contribution in [0.25, 0.3) is 0 Å². The van der Waals surface area contributed by atoms with Crippen LogP contribution in [0, 0.1) is 12.8 Å². The first kappa shape index (κ1) is 27.1. The highest BCUT2D eigenvalue weighted by atomic mass is 127. The van der Waals surface area contributed by atoms with Crippen LogP contribution in [0.4, 0.5) is 0 Å². The van der Waals surface area contributed by atoms with Gasteiger partial charge in [0, 0.05) is 46.4 Å². The van der Waals surface area contributed by atoms with Gasteiger partial charge in [-0.25, -0.2) is 4.99 Å². The van der Waals surface area contributed by atoms with Crippen LogP contribution in [-0.4, -0.2) is 84.3 Å². The summed E-state index contributed by atoms with van der Waals surface area (Å²) in [5.41, 5.74) is 0.